The maximum atomic E-state index is 2.44. The SMILES string of the molecule is CC1(C)c2ccccc2-c2ccc(-c3ccc(-c4cccc5c(-c6cc7ccccc7c7ccccc67)cccc45)c4ccccc34)cc21. The molecule has 0 heteroatoms. The molecule has 0 atom stereocenters. The summed E-state index contributed by atoms with van der Waals surface area (Å²) in [5.41, 5.74) is 13.1. The summed E-state index contributed by atoms with van der Waals surface area (Å²) in [7, 11) is 0. The minimum absolute atomic E-state index is 0.0330. The van der Waals surface area contributed by atoms with Crippen molar-refractivity contribution >= 4 is 43.1 Å². The average molecular weight is 623 g/mol. The van der Waals surface area contributed by atoms with E-state index in [0.29, 0.717) is 0 Å². The summed E-state index contributed by atoms with van der Waals surface area (Å²) in [6.45, 7) is 4.72. The van der Waals surface area contributed by atoms with E-state index in [0.717, 1.165) is 0 Å². The third-order valence-corrected chi connectivity index (χ3v) is 11.1. The Morgan fingerprint density at radius 3 is 1.47 bits per heavy atom. The lowest BCUT2D eigenvalue weighted by molar-refractivity contribution is 0.660. The van der Waals surface area contributed by atoms with Gasteiger partial charge in [-0.25, -0.2) is 0 Å². The van der Waals surface area contributed by atoms with E-state index >= 15 is 0 Å². The van der Waals surface area contributed by atoms with Gasteiger partial charge in [0.15, 0.2) is 0 Å². The van der Waals surface area contributed by atoms with E-state index in [1.54, 1.807) is 0 Å². The molecule has 0 N–H and O–H groups in total. The van der Waals surface area contributed by atoms with Crippen LogP contribution in [0.4, 0.5) is 0 Å². The number of hydrogen-bond donors (Lipinski definition) is 0. The van der Waals surface area contributed by atoms with Crippen LogP contribution in [0, 0.1) is 0 Å². The van der Waals surface area contributed by atoms with Crippen molar-refractivity contribution in [2.24, 2.45) is 0 Å². The lowest BCUT2D eigenvalue weighted by Gasteiger charge is -2.22. The largest absolute Gasteiger partial charge is 0.0619 e. The van der Waals surface area contributed by atoms with Crippen LogP contribution in [0.15, 0.2) is 170 Å². The highest BCUT2D eigenvalue weighted by Gasteiger charge is 2.35. The van der Waals surface area contributed by atoms with Gasteiger partial charge >= 0.3 is 0 Å². The van der Waals surface area contributed by atoms with E-state index in [1.165, 1.54) is 98.7 Å². The van der Waals surface area contributed by atoms with E-state index in [2.05, 4.69) is 184 Å². The van der Waals surface area contributed by atoms with Crippen LogP contribution in [0.1, 0.15) is 25.0 Å². The third-order valence-electron chi connectivity index (χ3n) is 11.1. The number of hydrogen-bond acceptors (Lipinski definition) is 0. The first kappa shape index (κ1) is 28.1. The van der Waals surface area contributed by atoms with Crippen molar-refractivity contribution in [1.29, 1.82) is 0 Å². The Hall–Kier alpha value is -5.98. The first-order valence-corrected chi connectivity index (χ1v) is 17.3. The van der Waals surface area contributed by atoms with Gasteiger partial charge in [0.1, 0.15) is 0 Å². The zero-order chi connectivity index (χ0) is 32.7. The Morgan fingerprint density at radius 1 is 0.286 bits per heavy atom. The maximum Gasteiger partial charge on any atom is 0.0159 e. The Labute approximate surface area is 286 Å². The fraction of sp³-hybridized carbons (Fsp3) is 0.0612. The molecule has 0 saturated heterocycles. The molecule has 49 heavy (non-hydrogen) atoms. The second-order valence-corrected chi connectivity index (χ2v) is 14.0. The molecule has 0 bridgehead atoms. The molecule has 0 saturated carbocycles. The summed E-state index contributed by atoms with van der Waals surface area (Å²) in [6.07, 6.45) is 0. The normalized spacial score (nSPS) is 13.3. The number of rotatable bonds is 3. The molecule has 9 aromatic carbocycles. The molecule has 0 spiro atoms. The minimum Gasteiger partial charge on any atom is -0.0619 e. The van der Waals surface area contributed by atoms with Gasteiger partial charge < -0.3 is 0 Å². The summed E-state index contributed by atoms with van der Waals surface area (Å²) < 4.78 is 0. The molecular formula is C49H34. The number of fused-ring (bicyclic) bond motifs is 8. The Bertz CT molecular complexity index is 2800. The zero-order valence-electron chi connectivity index (χ0n) is 27.7. The van der Waals surface area contributed by atoms with Crippen molar-refractivity contribution in [3.8, 4) is 44.5 Å². The molecule has 1 aliphatic carbocycles. The molecule has 0 unspecified atom stereocenters. The summed E-state index contributed by atoms with van der Waals surface area (Å²) >= 11 is 0. The van der Waals surface area contributed by atoms with Crippen molar-refractivity contribution in [3.63, 3.8) is 0 Å². The average Bonchev–Trinajstić information content (AvgIpc) is 3.39. The van der Waals surface area contributed by atoms with Crippen LogP contribution in [0.3, 0.4) is 0 Å². The zero-order valence-corrected chi connectivity index (χ0v) is 27.7. The van der Waals surface area contributed by atoms with E-state index in [9.17, 15) is 0 Å². The topological polar surface area (TPSA) is 0 Å². The summed E-state index contributed by atoms with van der Waals surface area (Å²) in [5.74, 6) is 0. The predicted octanol–water partition coefficient (Wildman–Crippen LogP) is 13.6. The molecule has 0 aromatic heterocycles. The standard InChI is InChI=1S/C49H34/c1-49(2)47-24-10-9-19-44(47)45-26-25-32(30-48(45)49)34-27-28-43(37-17-7-5-16-36(34)37)40-22-11-21-39-38(40)20-12-23-42(39)46-29-31-13-3-4-14-33(31)35-15-6-8-18-41(35)46/h3-30H,1-2H3. The molecular weight excluding hydrogens is 589 g/mol. The van der Waals surface area contributed by atoms with Crippen LogP contribution in [0.2, 0.25) is 0 Å². The quantitative estimate of drug-likeness (QED) is 0.172. The molecule has 0 nitrogen and oxygen atoms in total. The fourth-order valence-electron chi connectivity index (χ4n) is 8.71. The molecule has 0 amide bonds. The maximum absolute atomic E-state index is 2.44. The third kappa shape index (κ3) is 4.11. The molecule has 0 fully saturated rings. The van der Waals surface area contributed by atoms with Crippen molar-refractivity contribution in [2.45, 2.75) is 19.3 Å². The highest BCUT2D eigenvalue weighted by Crippen LogP contribution is 2.50. The van der Waals surface area contributed by atoms with Crippen LogP contribution >= 0.6 is 0 Å². The van der Waals surface area contributed by atoms with Gasteiger partial charge in [0, 0.05) is 5.41 Å². The monoisotopic (exact) mass is 622 g/mol. The van der Waals surface area contributed by atoms with Gasteiger partial charge in [-0.1, -0.05) is 172 Å². The first-order chi connectivity index (χ1) is 24.1. The molecule has 1 aliphatic rings. The Balaban J connectivity index is 1.16. The van der Waals surface area contributed by atoms with Crippen molar-refractivity contribution < 1.29 is 0 Å². The molecule has 0 radical (unpaired) electrons. The lowest BCUT2D eigenvalue weighted by Crippen LogP contribution is -2.14. The lowest BCUT2D eigenvalue weighted by atomic mass is 9.81. The van der Waals surface area contributed by atoms with Gasteiger partial charge in [0.2, 0.25) is 0 Å². The minimum atomic E-state index is -0.0330. The van der Waals surface area contributed by atoms with Gasteiger partial charge in [0.25, 0.3) is 0 Å². The van der Waals surface area contributed by atoms with Crippen LogP contribution in [0.25, 0.3) is 87.6 Å². The number of benzene rings is 9. The van der Waals surface area contributed by atoms with Crippen LogP contribution in [-0.4, -0.2) is 0 Å². The molecule has 230 valence electrons. The van der Waals surface area contributed by atoms with Crippen molar-refractivity contribution in [1.82, 2.24) is 0 Å². The van der Waals surface area contributed by atoms with Crippen molar-refractivity contribution in [2.75, 3.05) is 0 Å². The molecule has 0 heterocycles. The summed E-state index contributed by atoms with van der Waals surface area (Å²) in [5, 5.41) is 10.2. The molecule has 0 aliphatic heterocycles. The van der Waals surface area contributed by atoms with Gasteiger partial charge in [-0.2, -0.15) is 0 Å². The van der Waals surface area contributed by atoms with E-state index in [1.807, 2.05) is 0 Å². The summed E-state index contributed by atoms with van der Waals surface area (Å²) in [4.78, 5) is 0. The van der Waals surface area contributed by atoms with E-state index in [4.69, 9.17) is 0 Å². The highest BCUT2D eigenvalue weighted by molar-refractivity contribution is 6.18. The van der Waals surface area contributed by atoms with Crippen LogP contribution in [0.5, 0.6) is 0 Å². The Morgan fingerprint density at radius 2 is 0.735 bits per heavy atom. The van der Waals surface area contributed by atoms with Gasteiger partial charge in [-0.3, -0.25) is 0 Å². The Kier molecular flexibility index (Phi) is 6.02. The van der Waals surface area contributed by atoms with E-state index < -0.39 is 0 Å². The predicted molar refractivity (Wildman–Crippen MR) is 210 cm³/mol. The van der Waals surface area contributed by atoms with Crippen LogP contribution in [-0.2, 0) is 5.41 Å². The van der Waals surface area contributed by atoms with Crippen molar-refractivity contribution in [3.05, 3.63) is 181 Å². The van der Waals surface area contributed by atoms with Gasteiger partial charge in [0.05, 0.1) is 0 Å². The van der Waals surface area contributed by atoms with Crippen LogP contribution < -0.4 is 0 Å². The van der Waals surface area contributed by atoms with E-state index in [-0.39, 0.29) is 5.41 Å². The second kappa shape index (κ2) is 10.5. The fourth-order valence-corrected chi connectivity index (χ4v) is 8.71. The smallest absolute Gasteiger partial charge is 0.0159 e. The molecule has 9 aromatic rings. The highest BCUT2D eigenvalue weighted by atomic mass is 14.4. The summed E-state index contributed by atoms with van der Waals surface area (Å²) in [6, 6.07) is 63.2. The van der Waals surface area contributed by atoms with Gasteiger partial charge in [-0.15, -0.1) is 0 Å². The molecule has 10 rings (SSSR count). The van der Waals surface area contributed by atoms with Gasteiger partial charge in [-0.05, 0) is 111 Å². The second-order valence-electron chi connectivity index (χ2n) is 14.0. The first-order valence-electron chi connectivity index (χ1n) is 17.3.